The summed E-state index contributed by atoms with van der Waals surface area (Å²) < 4.78 is 2.01. The maximum Gasteiger partial charge on any atom is 2.00 e. The van der Waals surface area contributed by atoms with Gasteiger partial charge in [0.1, 0.15) is 0 Å². The standard InChI is InChI=1S/C14H18N2.C13H16N2.2C2H6.4CH3.2V.2W/c1-10(2)15-12(5)16(11(3)4)14-9-7-6-8-13(14)15;1-9(2)13-11-7-5-6-8-12(11)15(14-13)10(3)4;2*1-2;;;;;;;;/h6-9H,5H2,1-4H3;5-8H,1-4H3;2*1-2H3;4*1H3;;;;/q2*-2;;;4*-1;4*+2. The van der Waals surface area contributed by atoms with Crippen LogP contribution in [-0.4, -0.2) is 9.78 Å². The van der Waals surface area contributed by atoms with Gasteiger partial charge in [-0.15, -0.1) is 26.0 Å². The Kier molecular flexibility index (Phi) is 43.2. The Bertz CT molecular complexity index is 988. The Morgan fingerprint density at radius 3 is 1.26 bits per heavy atom. The molecule has 0 saturated heterocycles. The number of nitrogens with zero attached hydrogens (tertiary/aromatic N) is 4. The number of rotatable bonds is 4. The molecule has 2 heterocycles. The van der Waals surface area contributed by atoms with Gasteiger partial charge in [-0.2, -0.15) is 45.2 Å². The van der Waals surface area contributed by atoms with Crippen molar-refractivity contribution in [3.05, 3.63) is 120 Å². The molecule has 3 aromatic rings. The molecule has 2 radical (unpaired) electrons. The Hall–Kier alpha value is -0.465. The molecule has 2 aromatic carbocycles. The van der Waals surface area contributed by atoms with E-state index >= 15 is 0 Å². The van der Waals surface area contributed by atoms with Crippen LogP contribution < -0.4 is 9.80 Å². The normalized spacial score (nSPS) is 9.67. The third-order valence-electron chi connectivity index (χ3n) is 5.26. The van der Waals surface area contributed by atoms with Gasteiger partial charge >= 0.3 is 79.2 Å². The molecule has 240 valence electrons. The molecule has 0 fully saturated rings. The largest absolute Gasteiger partial charge is 2.00 e. The molecule has 4 nitrogen and oxygen atoms in total. The van der Waals surface area contributed by atoms with E-state index in [-0.39, 0.29) is 109 Å². The van der Waals surface area contributed by atoms with E-state index in [1.54, 1.807) is 0 Å². The van der Waals surface area contributed by atoms with Crippen LogP contribution in [0.15, 0.2) is 60.9 Å². The summed E-state index contributed by atoms with van der Waals surface area (Å²) in [6, 6.07) is 20.4. The van der Waals surface area contributed by atoms with Crippen molar-refractivity contribution in [3.8, 4) is 0 Å². The van der Waals surface area contributed by atoms with E-state index in [1.165, 1.54) is 46.3 Å². The molecular weight excluding hydrogens is 946 g/mol. The Morgan fingerprint density at radius 2 is 0.930 bits per heavy atom. The molecule has 0 atom stereocenters. The maximum atomic E-state index is 4.63. The fourth-order valence-corrected chi connectivity index (χ4v) is 4.00. The van der Waals surface area contributed by atoms with Crippen LogP contribution in [0.25, 0.3) is 10.9 Å². The van der Waals surface area contributed by atoms with E-state index in [9.17, 15) is 0 Å². The van der Waals surface area contributed by atoms with Crippen molar-refractivity contribution in [2.24, 2.45) is 0 Å². The molecule has 0 unspecified atom stereocenters. The van der Waals surface area contributed by atoms with Gasteiger partial charge in [0.05, 0.1) is 0 Å². The average Bonchev–Trinajstić information content (AvgIpc) is 3.37. The monoisotopic (exact) mass is 1000 g/mol. The minimum atomic E-state index is 0. The van der Waals surface area contributed by atoms with Gasteiger partial charge in [0.15, 0.2) is 0 Å². The Balaban J connectivity index is -0.0000000729. The van der Waals surface area contributed by atoms with Crippen LogP contribution in [0.4, 0.5) is 11.4 Å². The molecule has 4 rings (SSSR count). The molecular formula is C35H58N4V2W2. The predicted octanol–water partition coefficient (Wildman–Crippen LogP) is 11.2. The van der Waals surface area contributed by atoms with Crippen LogP contribution in [0.2, 0.25) is 0 Å². The fraction of sp³-hybridized carbons (Fsp3) is 0.343. The molecule has 0 spiro atoms. The van der Waals surface area contributed by atoms with Crippen molar-refractivity contribution in [2.45, 2.75) is 83.1 Å². The van der Waals surface area contributed by atoms with Crippen LogP contribution in [-0.2, 0) is 79.2 Å². The van der Waals surface area contributed by atoms with Gasteiger partial charge in [-0.1, -0.05) is 78.1 Å². The molecule has 8 heteroatoms. The van der Waals surface area contributed by atoms with Gasteiger partial charge in [0.25, 0.3) is 0 Å². The van der Waals surface area contributed by atoms with Crippen LogP contribution in [0.3, 0.4) is 0 Å². The summed E-state index contributed by atoms with van der Waals surface area (Å²) in [6.45, 7) is 29.0. The van der Waals surface area contributed by atoms with Gasteiger partial charge in [0, 0.05) is 17.2 Å². The quantitative estimate of drug-likeness (QED) is 0.244. The first-order chi connectivity index (χ1) is 16.6. The van der Waals surface area contributed by atoms with Crippen molar-refractivity contribution in [1.29, 1.82) is 0 Å². The summed E-state index contributed by atoms with van der Waals surface area (Å²) in [4.78, 5) is 4.39. The Morgan fingerprint density at radius 1 is 0.581 bits per heavy atom. The number of benzene rings is 2. The molecule has 0 amide bonds. The third-order valence-corrected chi connectivity index (χ3v) is 5.26. The zero-order valence-electron chi connectivity index (χ0n) is 29.8. The third kappa shape index (κ3) is 15.1. The van der Waals surface area contributed by atoms with Gasteiger partial charge in [0.2, 0.25) is 0 Å². The van der Waals surface area contributed by atoms with Crippen molar-refractivity contribution >= 4 is 22.3 Å². The van der Waals surface area contributed by atoms with Crippen molar-refractivity contribution in [3.63, 3.8) is 0 Å². The van der Waals surface area contributed by atoms with E-state index in [4.69, 9.17) is 0 Å². The van der Waals surface area contributed by atoms with Crippen LogP contribution in [0, 0.1) is 53.8 Å². The second kappa shape index (κ2) is 30.2. The van der Waals surface area contributed by atoms with Crippen molar-refractivity contribution < 1.29 is 79.2 Å². The first-order valence-electron chi connectivity index (χ1n) is 12.7. The van der Waals surface area contributed by atoms with Crippen LogP contribution >= 0.6 is 0 Å². The number of aromatic nitrogens is 2. The summed E-state index contributed by atoms with van der Waals surface area (Å²) in [5.41, 5.74) is 4.72. The van der Waals surface area contributed by atoms with Gasteiger partial charge in [-0.3, -0.25) is 0 Å². The number of para-hydroxylation sites is 3. The maximum absolute atomic E-state index is 4.63. The molecule has 43 heavy (non-hydrogen) atoms. The SMILES string of the molecule is C=C1N([C-](C)C)c2ccccc2N1[C-](C)C.CC.CC.C[C-](C)c1nn([C-](C)C)c2ccccc12.[CH3-].[CH3-].[CH3-].[CH3-].[V+2].[V+2].[W+2].[W+2]. The molecule has 1 aromatic heterocycles. The molecule has 0 aliphatic carbocycles. The molecule has 1 aliphatic rings. The van der Waals surface area contributed by atoms with Gasteiger partial charge in [-0.05, 0) is 12.1 Å². The van der Waals surface area contributed by atoms with Crippen molar-refractivity contribution in [2.75, 3.05) is 9.80 Å². The predicted molar refractivity (Wildman–Crippen MR) is 181 cm³/mol. The zero-order valence-corrected chi connectivity index (χ0v) is 38.5. The summed E-state index contributed by atoms with van der Waals surface area (Å²) in [5.74, 6) is 2.27. The van der Waals surface area contributed by atoms with E-state index in [0.29, 0.717) is 0 Å². The second-order valence-corrected chi connectivity index (χ2v) is 8.69. The minimum absolute atomic E-state index is 0. The van der Waals surface area contributed by atoms with Gasteiger partial charge < -0.3 is 44.2 Å². The molecule has 1 aliphatic heterocycles. The summed E-state index contributed by atoms with van der Waals surface area (Å²) in [7, 11) is 0. The van der Waals surface area contributed by atoms with Crippen LogP contribution in [0.5, 0.6) is 0 Å². The topological polar surface area (TPSA) is 24.3 Å². The zero-order chi connectivity index (χ0) is 26.9. The first-order valence-corrected chi connectivity index (χ1v) is 12.7. The van der Waals surface area contributed by atoms with Crippen molar-refractivity contribution in [1.82, 2.24) is 9.78 Å². The number of fused-ring (bicyclic) bond motifs is 2. The van der Waals surface area contributed by atoms with E-state index in [0.717, 1.165) is 11.5 Å². The summed E-state index contributed by atoms with van der Waals surface area (Å²) >= 11 is 0. The van der Waals surface area contributed by atoms with Crippen LogP contribution in [0.1, 0.15) is 88.8 Å². The first kappa shape index (κ1) is 61.5. The molecule has 0 N–H and O–H groups in total. The van der Waals surface area contributed by atoms with E-state index in [2.05, 4.69) is 125 Å². The molecule has 0 bridgehead atoms. The number of anilines is 2. The number of hydrogen-bond donors (Lipinski definition) is 0. The Labute approximate surface area is 321 Å². The average molecular weight is 1000 g/mol. The molecule has 0 saturated carbocycles. The second-order valence-electron chi connectivity index (χ2n) is 8.69. The number of hydrogen-bond acceptors (Lipinski definition) is 3. The fourth-order valence-electron chi connectivity index (χ4n) is 4.00. The summed E-state index contributed by atoms with van der Waals surface area (Å²) in [6.07, 6.45) is 0. The summed E-state index contributed by atoms with van der Waals surface area (Å²) in [5, 5.41) is 5.87. The minimum Gasteiger partial charge on any atom is -0.479 e. The van der Waals surface area contributed by atoms with Gasteiger partial charge in [-0.25, -0.2) is 22.6 Å². The van der Waals surface area contributed by atoms with E-state index in [1.807, 2.05) is 32.4 Å². The van der Waals surface area contributed by atoms with E-state index < -0.39 is 0 Å². The smallest absolute Gasteiger partial charge is 0.479 e.